The van der Waals surface area contributed by atoms with Gasteiger partial charge in [-0.1, -0.05) is 0 Å². The number of rotatable bonds is 2. The van der Waals surface area contributed by atoms with E-state index in [0.717, 1.165) is 24.5 Å². The fourth-order valence-corrected chi connectivity index (χ4v) is 2.07. The molecule has 1 saturated heterocycles. The van der Waals surface area contributed by atoms with Crippen molar-refractivity contribution in [3.8, 4) is 0 Å². The van der Waals surface area contributed by atoms with Crippen LogP contribution in [0.2, 0.25) is 0 Å². The highest BCUT2D eigenvalue weighted by atomic mass is 16.8. The number of hydrogen-bond acceptors (Lipinski definition) is 6. The SMILES string of the molecule is CC(=O)ON(C(=O)OC(C)(C)C)C(C)C1CCCOC1.N. The molecule has 0 bridgehead atoms. The lowest BCUT2D eigenvalue weighted by Gasteiger charge is -2.35. The van der Waals surface area contributed by atoms with Gasteiger partial charge in [0.15, 0.2) is 0 Å². The Bertz CT molecular complexity index is 348. The normalized spacial score (nSPS) is 20.0. The van der Waals surface area contributed by atoms with Crippen molar-refractivity contribution in [2.75, 3.05) is 13.2 Å². The molecule has 1 aliphatic rings. The predicted molar refractivity (Wildman–Crippen MR) is 77.9 cm³/mol. The number of hydroxylamine groups is 2. The molecule has 0 aliphatic carbocycles. The van der Waals surface area contributed by atoms with E-state index in [9.17, 15) is 9.59 Å². The van der Waals surface area contributed by atoms with Crippen LogP contribution in [0, 0.1) is 5.92 Å². The molecule has 1 amide bonds. The van der Waals surface area contributed by atoms with Gasteiger partial charge >= 0.3 is 12.1 Å². The van der Waals surface area contributed by atoms with Gasteiger partial charge in [-0.15, -0.1) is 5.06 Å². The zero-order valence-corrected chi connectivity index (χ0v) is 13.7. The summed E-state index contributed by atoms with van der Waals surface area (Å²) in [5.41, 5.74) is -0.641. The molecule has 0 spiro atoms. The third-order valence-corrected chi connectivity index (χ3v) is 3.05. The van der Waals surface area contributed by atoms with Crippen molar-refractivity contribution in [3.05, 3.63) is 0 Å². The lowest BCUT2D eigenvalue weighted by atomic mass is 9.95. The second-order valence-corrected chi connectivity index (χ2v) is 6.11. The molecule has 0 aromatic heterocycles. The van der Waals surface area contributed by atoms with Gasteiger partial charge in [0.25, 0.3) is 0 Å². The molecule has 124 valence electrons. The van der Waals surface area contributed by atoms with E-state index in [0.29, 0.717) is 6.61 Å². The Morgan fingerprint density at radius 3 is 2.38 bits per heavy atom. The van der Waals surface area contributed by atoms with Crippen molar-refractivity contribution in [1.82, 2.24) is 11.2 Å². The first kappa shape index (κ1) is 19.7. The van der Waals surface area contributed by atoms with Crippen LogP contribution in [0.25, 0.3) is 0 Å². The minimum Gasteiger partial charge on any atom is -0.442 e. The topological polar surface area (TPSA) is 100 Å². The minimum absolute atomic E-state index is 0. The summed E-state index contributed by atoms with van der Waals surface area (Å²) in [7, 11) is 0. The van der Waals surface area contributed by atoms with Gasteiger partial charge in [0.05, 0.1) is 12.6 Å². The van der Waals surface area contributed by atoms with Gasteiger partial charge in [0, 0.05) is 19.4 Å². The van der Waals surface area contributed by atoms with Gasteiger partial charge in [-0.2, -0.15) is 0 Å². The van der Waals surface area contributed by atoms with Crippen LogP contribution in [0.15, 0.2) is 0 Å². The van der Waals surface area contributed by atoms with Crippen LogP contribution in [-0.4, -0.2) is 42.0 Å². The van der Waals surface area contributed by atoms with E-state index in [1.165, 1.54) is 6.92 Å². The van der Waals surface area contributed by atoms with E-state index in [1.807, 2.05) is 6.92 Å². The number of hydrogen-bond donors (Lipinski definition) is 1. The minimum atomic E-state index is -0.647. The van der Waals surface area contributed by atoms with E-state index >= 15 is 0 Å². The van der Waals surface area contributed by atoms with E-state index in [-0.39, 0.29) is 18.1 Å². The first-order chi connectivity index (χ1) is 9.20. The van der Waals surface area contributed by atoms with Crippen LogP contribution in [0.3, 0.4) is 0 Å². The van der Waals surface area contributed by atoms with Crippen molar-refractivity contribution >= 4 is 12.1 Å². The molecule has 21 heavy (non-hydrogen) atoms. The zero-order valence-electron chi connectivity index (χ0n) is 13.7. The van der Waals surface area contributed by atoms with Crippen molar-refractivity contribution in [2.24, 2.45) is 5.92 Å². The molecule has 7 heteroatoms. The van der Waals surface area contributed by atoms with Crippen LogP contribution >= 0.6 is 0 Å². The number of carbonyl (C=O) groups excluding carboxylic acids is 2. The molecule has 0 saturated carbocycles. The van der Waals surface area contributed by atoms with Crippen LogP contribution in [0.4, 0.5) is 4.79 Å². The molecule has 7 nitrogen and oxygen atoms in total. The second-order valence-electron chi connectivity index (χ2n) is 6.11. The molecule has 2 unspecified atom stereocenters. The Hall–Kier alpha value is -1.34. The second kappa shape index (κ2) is 8.19. The summed E-state index contributed by atoms with van der Waals surface area (Å²) < 4.78 is 10.7. The lowest BCUT2D eigenvalue weighted by Crippen LogP contribution is -2.47. The number of amides is 1. The summed E-state index contributed by atoms with van der Waals surface area (Å²) >= 11 is 0. The van der Waals surface area contributed by atoms with E-state index in [2.05, 4.69) is 0 Å². The highest BCUT2D eigenvalue weighted by Crippen LogP contribution is 2.23. The standard InChI is InChI=1S/C14H25NO5.H3N/c1-10(12-7-6-8-18-9-12)15(20-11(2)16)13(17)19-14(3,4)5;/h10,12H,6-9H2,1-5H3;1H3. The van der Waals surface area contributed by atoms with Crippen molar-refractivity contribution in [2.45, 2.75) is 59.1 Å². The molecular weight excluding hydrogens is 276 g/mol. The van der Waals surface area contributed by atoms with E-state index in [4.69, 9.17) is 14.3 Å². The van der Waals surface area contributed by atoms with Gasteiger partial charge in [-0.25, -0.2) is 4.79 Å². The lowest BCUT2D eigenvalue weighted by molar-refractivity contribution is -0.197. The molecule has 0 aromatic rings. The Balaban J connectivity index is 0.00000400. The fourth-order valence-electron chi connectivity index (χ4n) is 2.07. The Labute approximate surface area is 126 Å². The summed E-state index contributed by atoms with van der Waals surface area (Å²) in [6.07, 6.45) is 1.23. The van der Waals surface area contributed by atoms with Crippen LogP contribution in [0.1, 0.15) is 47.5 Å². The molecule has 0 aromatic carbocycles. The Kier molecular flexibility index (Phi) is 7.67. The fraction of sp³-hybridized carbons (Fsp3) is 0.857. The smallest absolute Gasteiger partial charge is 0.442 e. The quantitative estimate of drug-likeness (QED) is 0.787. The Morgan fingerprint density at radius 2 is 1.95 bits per heavy atom. The van der Waals surface area contributed by atoms with Gasteiger partial charge in [-0.05, 0) is 40.5 Å². The molecule has 1 heterocycles. The van der Waals surface area contributed by atoms with Crippen LogP contribution < -0.4 is 6.15 Å². The third-order valence-electron chi connectivity index (χ3n) is 3.05. The highest BCUT2D eigenvalue weighted by molar-refractivity contribution is 5.72. The van der Waals surface area contributed by atoms with E-state index in [1.54, 1.807) is 20.8 Å². The van der Waals surface area contributed by atoms with Gasteiger partial charge in [0.2, 0.25) is 0 Å². The first-order valence-corrected chi connectivity index (χ1v) is 6.99. The van der Waals surface area contributed by atoms with Crippen molar-refractivity contribution in [3.63, 3.8) is 0 Å². The monoisotopic (exact) mass is 304 g/mol. The summed E-state index contributed by atoms with van der Waals surface area (Å²) in [5.74, 6) is -0.407. The molecule has 1 fully saturated rings. The number of ether oxygens (including phenoxy) is 2. The first-order valence-electron chi connectivity index (χ1n) is 6.99. The highest BCUT2D eigenvalue weighted by Gasteiger charge is 2.34. The summed E-state index contributed by atoms with van der Waals surface area (Å²) in [4.78, 5) is 28.4. The maximum absolute atomic E-state index is 12.2. The van der Waals surface area contributed by atoms with Crippen LogP contribution in [-0.2, 0) is 19.1 Å². The van der Waals surface area contributed by atoms with Gasteiger partial charge < -0.3 is 20.5 Å². The average Bonchev–Trinajstić information content (AvgIpc) is 2.34. The molecule has 1 aliphatic heterocycles. The van der Waals surface area contributed by atoms with Crippen molar-refractivity contribution < 1.29 is 23.9 Å². The Morgan fingerprint density at radius 1 is 1.33 bits per heavy atom. The molecule has 0 radical (unpaired) electrons. The molecule has 3 N–H and O–H groups in total. The summed E-state index contributed by atoms with van der Waals surface area (Å²) in [5, 5.41) is 1.03. The maximum Gasteiger partial charge on any atom is 0.444 e. The van der Waals surface area contributed by atoms with Crippen LogP contribution in [0.5, 0.6) is 0 Å². The summed E-state index contributed by atoms with van der Waals surface area (Å²) in [6, 6.07) is -0.283. The summed E-state index contributed by atoms with van der Waals surface area (Å²) in [6.45, 7) is 9.71. The van der Waals surface area contributed by atoms with Gasteiger partial charge in [0.1, 0.15) is 5.60 Å². The molecule has 1 rings (SSSR count). The molecule has 2 atom stereocenters. The van der Waals surface area contributed by atoms with Crippen molar-refractivity contribution in [1.29, 1.82) is 0 Å². The largest absolute Gasteiger partial charge is 0.444 e. The molecular formula is C14H28N2O5. The predicted octanol–water partition coefficient (Wildman–Crippen LogP) is 2.68. The number of carbonyl (C=O) groups is 2. The number of nitrogens with zero attached hydrogens (tertiary/aromatic N) is 1. The zero-order chi connectivity index (χ0) is 15.3. The maximum atomic E-state index is 12.2. The average molecular weight is 304 g/mol. The van der Waals surface area contributed by atoms with Gasteiger partial charge in [-0.3, -0.25) is 4.79 Å². The van der Waals surface area contributed by atoms with E-state index < -0.39 is 17.7 Å². The third kappa shape index (κ3) is 6.77.